The summed E-state index contributed by atoms with van der Waals surface area (Å²) in [6.07, 6.45) is 3.33. The molecule has 1 aliphatic rings. The van der Waals surface area contributed by atoms with E-state index in [-0.39, 0.29) is 25.0 Å². The van der Waals surface area contributed by atoms with E-state index >= 15 is 0 Å². The summed E-state index contributed by atoms with van der Waals surface area (Å²) in [6, 6.07) is 7.79. The number of nitrogens with zero attached hydrogens (tertiary/aromatic N) is 1. The first kappa shape index (κ1) is 16.7. The lowest BCUT2D eigenvalue weighted by molar-refractivity contribution is -0.113. The van der Waals surface area contributed by atoms with Crippen LogP contribution < -0.4 is 0 Å². The minimum absolute atomic E-state index is 0.00246. The molecule has 0 saturated carbocycles. The molecule has 24 heavy (non-hydrogen) atoms. The van der Waals surface area contributed by atoms with E-state index in [2.05, 4.69) is 0 Å². The average Bonchev–Trinajstić information content (AvgIpc) is 3.25. The normalized spacial score (nSPS) is 18.4. The molecule has 6 heteroatoms. The van der Waals surface area contributed by atoms with Crippen molar-refractivity contribution in [2.24, 2.45) is 0 Å². The van der Waals surface area contributed by atoms with Crippen LogP contribution in [0.3, 0.4) is 0 Å². The molecule has 4 nitrogen and oxygen atoms in total. The number of thiophene rings is 2. The maximum Gasteiger partial charge on any atom is 0.410 e. The number of carbonyl (C=O) groups is 2. The van der Waals surface area contributed by atoms with E-state index in [9.17, 15) is 9.59 Å². The van der Waals surface area contributed by atoms with Crippen LogP contribution in [-0.2, 0) is 9.53 Å². The summed E-state index contributed by atoms with van der Waals surface area (Å²) in [5, 5.41) is 3.93. The fraction of sp³-hybridized carbons (Fsp3) is 0.222. The first-order valence-electron chi connectivity index (χ1n) is 7.62. The molecule has 1 amide bonds. The Morgan fingerprint density at radius 1 is 1.12 bits per heavy atom. The molecule has 0 aromatic carbocycles. The molecular formula is C18H17NO3S2. The van der Waals surface area contributed by atoms with E-state index in [4.69, 9.17) is 4.74 Å². The number of amides is 1. The molecule has 0 spiro atoms. The van der Waals surface area contributed by atoms with Crippen molar-refractivity contribution in [1.82, 2.24) is 4.90 Å². The fourth-order valence-corrected chi connectivity index (χ4v) is 3.84. The second-order valence-electron chi connectivity index (χ2n) is 5.25. The highest BCUT2D eigenvalue weighted by molar-refractivity contribution is 7.11. The van der Waals surface area contributed by atoms with Gasteiger partial charge in [-0.15, -0.1) is 22.7 Å². The summed E-state index contributed by atoms with van der Waals surface area (Å²) < 4.78 is 5.11. The third-order valence-electron chi connectivity index (χ3n) is 3.55. The van der Waals surface area contributed by atoms with Crippen LogP contribution in [0.25, 0.3) is 12.2 Å². The molecule has 0 atom stereocenters. The second-order valence-corrected chi connectivity index (χ2v) is 7.21. The standard InChI is InChI=1S/C18H17NO3S2/c1-2-22-18(21)19-11-13(9-15-5-3-7-23-15)17(20)14(12-19)10-16-6-4-8-24-16/h3-10H,2,11-12H2,1H3. The summed E-state index contributed by atoms with van der Waals surface area (Å²) in [7, 11) is 0. The number of rotatable bonds is 3. The number of ketones is 1. The molecule has 1 fully saturated rings. The van der Waals surface area contributed by atoms with Crippen molar-refractivity contribution in [2.45, 2.75) is 6.92 Å². The lowest BCUT2D eigenvalue weighted by Crippen LogP contribution is -2.41. The van der Waals surface area contributed by atoms with Crippen LogP contribution in [0.4, 0.5) is 4.79 Å². The van der Waals surface area contributed by atoms with Crippen molar-refractivity contribution in [3.63, 3.8) is 0 Å². The fourth-order valence-electron chi connectivity index (χ4n) is 2.47. The summed E-state index contributed by atoms with van der Waals surface area (Å²) in [5.74, 6) is -0.00246. The molecule has 2 aromatic heterocycles. The van der Waals surface area contributed by atoms with E-state index < -0.39 is 0 Å². The summed E-state index contributed by atoms with van der Waals surface area (Å²) in [6.45, 7) is 2.64. The van der Waals surface area contributed by atoms with Gasteiger partial charge in [-0.2, -0.15) is 0 Å². The van der Waals surface area contributed by atoms with Gasteiger partial charge in [0.05, 0.1) is 19.7 Å². The van der Waals surface area contributed by atoms with Crippen molar-refractivity contribution >= 4 is 46.7 Å². The zero-order valence-electron chi connectivity index (χ0n) is 13.2. The molecule has 124 valence electrons. The number of Topliss-reactive ketones (excluding diaryl/α,β-unsaturated/α-hetero) is 1. The Morgan fingerprint density at radius 3 is 2.08 bits per heavy atom. The van der Waals surface area contributed by atoms with Crippen molar-refractivity contribution in [3.05, 3.63) is 55.9 Å². The second kappa shape index (κ2) is 7.59. The van der Waals surface area contributed by atoms with Gasteiger partial charge >= 0.3 is 6.09 Å². The molecule has 0 radical (unpaired) electrons. The van der Waals surface area contributed by atoms with Gasteiger partial charge in [-0.05, 0) is 42.0 Å². The van der Waals surface area contributed by atoms with Crippen molar-refractivity contribution in [3.8, 4) is 0 Å². The predicted octanol–water partition coefficient (Wildman–Crippen LogP) is 4.32. The third-order valence-corrected chi connectivity index (χ3v) is 5.19. The number of hydrogen-bond donors (Lipinski definition) is 0. The monoisotopic (exact) mass is 359 g/mol. The zero-order chi connectivity index (χ0) is 16.9. The Kier molecular flexibility index (Phi) is 5.27. The van der Waals surface area contributed by atoms with E-state index in [1.54, 1.807) is 34.5 Å². The van der Waals surface area contributed by atoms with Gasteiger partial charge in [-0.3, -0.25) is 9.69 Å². The Hall–Kier alpha value is -2.18. The van der Waals surface area contributed by atoms with Crippen LogP contribution in [0.15, 0.2) is 46.2 Å². The molecule has 1 aliphatic heterocycles. The van der Waals surface area contributed by atoms with Crippen LogP contribution in [0.5, 0.6) is 0 Å². The average molecular weight is 359 g/mol. The van der Waals surface area contributed by atoms with Gasteiger partial charge in [0.2, 0.25) is 0 Å². The van der Waals surface area contributed by atoms with Crippen LogP contribution in [0.2, 0.25) is 0 Å². The minimum atomic E-state index is -0.390. The third kappa shape index (κ3) is 3.83. The number of likely N-dealkylation sites (tertiary alicyclic amines) is 1. The number of hydrogen-bond acceptors (Lipinski definition) is 5. The highest BCUT2D eigenvalue weighted by Crippen LogP contribution is 2.25. The van der Waals surface area contributed by atoms with Crippen molar-refractivity contribution in [1.29, 1.82) is 0 Å². The van der Waals surface area contributed by atoms with Gasteiger partial charge < -0.3 is 4.74 Å². The van der Waals surface area contributed by atoms with Gasteiger partial charge in [-0.25, -0.2) is 4.79 Å². The summed E-state index contributed by atoms with van der Waals surface area (Å²) >= 11 is 3.13. The maximum absolute atomic E-state index is 12.8. The van der Waals surface area contributed by atoms with E-state index in [0.717, 1.165) is 9.75 Å². The molecule has 0 unspecified atom stereocenters. The SMILES string of the molecule is CCOC(=O)N1CC(=Cc2cccs2)C(=O)C(=Cc2cccs2)C1. The summed E-state index contributed by atoms with van der Waals surface area (Å²) in [4.78, 5) is 28.5. The topological polar surface area (TPSA) is 46.6 Å². The predicted molar refractivity (Wildman–Crippen MR) is 98.2 cm³/mol. The van der Waals surface area contributed by atoms with Gasteiger partial charge in [0.25, 0.3) is 0 Å². The van der Waals surface area contributed by atoms with Crippen LogP contribution >= 0.6 is 22.7 Å². The Labute approximate surface area is 148 Å². The van der Waals surface area contributed by atoms with E-state index in [1.807, 2.05) is 47.2 Å². The van der Waals surface area contributed by atoms with Crippen LogP contribution in [-0.4, -0.2) is 36.5 Å². The summed E-state index contributed by atoms with van der Waals surface area (Å²) in [5.41, 5.74) is 1.22. The van der Waals surface area contributed by atoms with Gasteiger partial charge in [0.15, 0.2) is 5.78 Å². The molecule has 2 aromatic rings. The molecule has 0 N–H and O–H groups in total. The highest BCUT2D eigenvalue weighted by atomic mass is 32.1. The maximum atomic E-state index is 12.8. The first-order valence-corrected chi connectivity index (χ1v) is 9.38. The lowest BCUT2D eigenvalue weighted by Gasteiger charge is -2.28. The quantitative estimate of drug-likeness (QED) is 0.767. The van der Waals surface area contributed by atoms with Crippen LogP contribution in [0.1, 0.15) is 16.7 Å². The Morgan fingerprint density at radius 2 is 1.67 bits per heavy atom. The minimum Gasteiger partial charge on any atom is -0.450 e. The largest absolute Gasteiger partial charge is 0.450 e. The van der Waals surface area contributed by atoms with E-state index in [1.165, 1.54) is 0 Å². The van der Waals surface area contributed by atoms with Crippen molar-refractivity contribution < 1.29 is 14.3 Å². The molecule has 0 bridgehead atoms. The number of piperidine rings is 1. The smallest absolute Gasteiger partial charge is 0.410 e. The van der Waals surface area contributed by atoms with Gasteiger partial charge in [0, 0.05) is 20.9 Å². The van der Waals surface area contributed by atoms with Crippen LogP contribution in [0, 0.1) is 0 Å². The molecular weight excluding hydrogens is 342 g/mol. The molecule has 1 saturated heterocycles. The number of carbonyl (C=O) groups excluding carboxylic acids is 2. The zero-order valence-corrected chi connectivity index (χ0v) is 14.9. The Bertz CT molecular complexity index is 717. The first-order chi connectivity index (χ1) is 11.7. The number of ether oxygens (including phenoxy) is 1. The Balaban J connectivity index is 1.93. The lowest BCUT2D eigenvalue weighted by atomic mass is 9.97. The molecule has 0 aliphatic carbocycles. The highest BCUT2D eigenvalue weighted by Gasteiger charge is 2.29. The molecule has 3 rings (SSSR count). The van der Waals surface area contributed by atoms with E-state index in [0.29, 0.717) is 17.8 Å². The van der Waals surface area contributed by atoms with Crippen molar-refractivity contribution in [2.75, 3.05) is 19.7 Å². The van der Waals surface area contributed by atoms with Gasteiger partial charge in [0.1, 0.15) is 0 Å². The molecule has 3 heterocycles. The van der Waals surface area contributed by atoms with Gasteiger partial charge in [-0.1, -0.05) is 12.1 Å².